The van der Waals surface area contributed by atoms with Gasteiger partial charge in [-0.3, -0.25) is 4.90 Å². The third-order valence-corrected chi connectivity index (χ3v) is 4.12. The Morgan fingerprint density at radius 3 is 2.40 bits per heavy atom. The highest BCUT2D eigenvalue weighted by molar-refractivity contribution is 7.13. The Morgan fingerprint density at radius 1 is 1.35 bits per heavy atom. The van der Waals surface area contributed by atoms with Crippen LogP contribution >= 0.6 is 11.3 Å². The Kier molecular flexibility index (Phi) is 4.31. The molecule has 2 heterocycles. The van der Waals surface area contributed by atoms with Crippen LogP contribution in [0.15, 0.2) is 0 Å². The average molecular weight is 309 g/mol. The van der Waals surface area contributed by atoms with E-state index in [0.717, 1.165) is 26.2 Å². The largest absolute Gasteiger partial charge is 0.477 e. The van der Waals surface area contributed by atoms with Crippen molar-refractivity contribution in [1.29, 1.82) is 0 Å². The van der Waals surface area contributed by atoms with Crippen molar-refractivity contribution in [3.05, 3.63) is 15.6 Å². The molecule has 1 aromatic heterocycles. The Labute approximate surface area is 117 Å². The predicted octanol–water partition coefficient (Wildman–Crippen LogP) is 1.61. The summed E-state index contributed by atoms with van der Waals surface area (Å²) in [6.45, 7) is 3.40. The number of aromatic nitrogens is 1. The minimum absolute atomic E-state index is 0.194. The highest BCUT2D eigenvalue weighted by atomic mass is 32.1. The lowest BCUT2D eigenvalue weighted by Crippen LogP contribution is -2.43. The monoisotopic (exact) mass is 309 g/mol. The van der Waals surface area contributed by atoms with Crippen molar-refractivity contribution in [2.24, 2.45) is 0 Å². The molecule has 5 nitrogen and oxygen atoms in total. The number of carbonyl (C=O) groups is 1. The number of halogens is 3. The van der Waals surface area contributed by atoms with Crippen molar-refractivity contribution in [2.45, 2.75) is 12.7 Å². The SMILES string of the molecule is CN1CCN(Cc2nc(C(F)(F)F)c(C(=O)O)s2)CC1. The van der Waals surface area contributed by atoms with Crippen molar-refractivity contribution in [2.75, 3.05) is 33.2 Å². The zero-order valence-electron chi connectivity index (χ0n) is 10.8. The number of hydrogen-bond donors (Lipinski definition) is 1. The summed E-state index contributed by atoms with van der Waals surface area (Å²) in [5.74, 6) is -1.58. The number of carboxylic acids is 1. The molecule has 0 spiro atoms. The van der Waals surface area contributed by atoms with Crippen LogP contribution in [0.4, 0.5) is 13.2 Å². The fourth-order valence-corrected chi connectivity index (χ4v) is 2.93. The third-order valence-electron chi connectivity index (χ3n) is 3.09. The summed E-state index contributed by atoms with van der Waals surface area (Å²) in [6.07, 6.45) is -4.73. The van der Waals surface area contributed by atoms with Crippen molar-refractivity contribution in [1.82, 2.24) is 14.8 Å². The number of carboxylic acid groups (broad SMARTS) is 1. The third kappa shape index (κ3) is 3.47. The van der Waals surface area contributed by atoms with Gasteiger partial charge in [-0.25, -0.2) is 9.78 Å². The summed E-state index contributed by atoms with van der Waals surface area (Å²) in [6, 6.07) is 0. The van der Waals surface area contributed by atoms with Crippen molar-refractivity contribution in [3.63, 3.8) is 0 Å². The van der Waals surface area contributed by atoms with E-state index in [9.17, 15) is 18.0 Å². The molecule has 0 radical (unpaired) electrons. The highest BCUT2D eigenvalue weighted by Gasteiger charge is 2.39. The molecule has 0 amide bonds. The van der Waals surface area contributed by atoms with Gasteiger partial charge in [0, 0.05) is 26.2 Å². The van der Waals surface area contributed by atoms with Crippen LogP contribution in [0.5, 0.6) is 0 Å². The number of alkyl halides is 3. The fourth-order valence-electron chi connectivity index (χ4n) is 1.97. The van der Waals surface area contributed by atoms with E-state index in [-0.39, 0.29) is 11.6 Å². The van der Waals surface area contributed by atoms with E-state index in [1.807, 2.05) is 11.9 Å². The van der Waals surface area contributed by atoms with Crippen LogP contribution < -0.4 is 0 Å². The highest BCUT2D eigenvalue weighted by Crippen LogP contribution is 2.34. The number of rotatable bonds is 3. The summed E-state index contributed by atoms with van der Waals surface area (Å²) in [5, 5.41) is 9.03. The van der Waals surface area contributed by atoms with Crippen molar-refractivity contribution >= 4 is 17.3 Å². The van der Waals surface area contributed by atoms with Gasteiger partial charge >= 0.3 is 12.1 Å². The fraction of sp³-hybridized carbons (Fsp3) is 0.636. The second kappa shape index (κ2) is 5.66. The number of aromatic carboxylic acids is 1. The van der Waals surface area contributed by atoms with E-state index >= 15 is 0 Å². The Balaban J connectivity index is 2.15. The molecule has 1 fully saturated rings. The van der Waals surface area contributed by atoms with E-state index in [2.05, 4.69) is 9.88 Å². The van der Waals surface area contributed by atoms with Gasteiger partial charge in [0.15, 0.2) is 5.69 Å². The summed E-state index contributed by atoms with van der Waals surface area (Å²) < 4.78 is 38.1. The molecule has 112 valence electrons. The summed E-state index contributed by atoms with van der Waals surface area (Å²) >= 11 is 0.603. The standard InChI is InChI=1S/C11H14F3N3O2S/c1-16-2-4-17(5-3-16)6-7-15-9(11(12,13)14)8(20-7)10(18)19/h2-6H2,1H3,(H,18,19). The first-order valence-electron chi connectivity index (χ1n) is 5.98. The van der Waals surface area contributed by atoms with Gasteiger partial charge in [0.05, 0.1) is 6.54 Å². The van der Waals surface area contributed by atoms with Crippen LogP contribution in [-0.4, -0.2) is 59.1 Å². The summed E-state index contributed by atoms with van der Waals surface area (Å²) in [5.41, 5.74) is -1.29. The smallest absolute Gasteiger partial charge is 0.435 e. The zero-order chi connectivity index (χ0) is 14.9. The molecule has 1 saturated heterocycles. The van der Waals surface area contributed by atoms with Crippen LogP contribution in [0.25, 0.3) is 0 Å². The molecule has 1 N–H and O–H groups in total. The van der Waals surface area contributed by atoms with Crippen LogP contribution in [0.2, 0.25) is 0 Å². The maximum atomic E-state index is 12.7. The van der Waals surface area contributed by atoms with E-state index in [1.165, 1.54) is 0 Å². The molecule has 1 aromatic rings. The van der Waals surface area contributed by atoms with Gasteiger partial charge < -0.3 is 10.0 Å². The molecular weight excluding hydrogens is 295 g/mol. The van der Waals surface area contributed by atoms with Crippen LogP contribution in [0.3, 0.4) is 0 Å². The van der Waals surface area contributed by atoms with Gasteiger partial charge in [0.25, 0.3) is 0 Å². The number of likely N-dealkylation sites (N-methyl/N-ethyl adjacent to an activating group) is 1. The van der Waals surface area contributed by atoms with E-state index in [1.54, 1.807) is 0 Å². The summed E-state index contributed by atoms with van der Waals surface area (Å²) in [4.78, 5) is 17.7. The second-order valence-corrected chi connectivity index (χ2v) is 5.75. The number of thiazole rings is 1. The van der Waals surface area contributed by atoms with Crippen LogP contribution in [0.1, 0.15) is 20.4 Å². The topological polar surface area (TPSA) is 56.7 Å². The first-order valence-corrected chi connectivity index (χ1v) is 6.80. The van der Waals surface area contributed by atoms with Gasteiger partial charge in [0.1, 0.15) is 9.88 Å². The maximum Gasteiger partial charge on any atom is 0.435 e. The molecular formula is C11H14F3N3O2S. The Bertz CT molecular complexity index is 496. The number of piperazine rings is 1. The van der Waals surface area contributed by atoms with E-state index in [4.69, 9.17) is 5.11 Å². The average Bonchev–Trinajstić information content (AvgIpc) is 2.76. The molecule has 1 aliphatic rings. The van der Waals surface area contributed by atoms with Gasteiger partial charge in [-0.05, 0) is 7.05 Å². The maximum absolute atomic E-state index is 12.7. The molecule has 1 aliphatic heterocycles. The lowest BCUT2D eigenvalue weighted by atomic mass is 10.3. The lowest BCUT2D eigenvalue weighted by Gasteiger charge is -2.31. The molecule has 20 heavy (non-hydrogen) atoms. The quantitative estimate of drug-likeness (QED) is 0.919. The van der Waals surface area contributed by atoms with E-state index in [0.29, 0.717) is 11.3 Å². The van der Waals surface area contributed by atoms with E-state index < -0.39 is 22.7 Å². The first-order chi connectivity index (χ1) is 9.27. The number of nitrogens with zero attached hydrogens (tertiary/aromatic N) is 3. The number of hydrogen-bond acceptors (Lipinski definition) is 5. The van der Waals surface area contributed by atoms with Crippen LogP contribution in [-0.2, 0) is 12.7 Å². The van der Waals surface area contributed by atoms with Crippen molar-refractivity contribution in [3.8, 4) is 0 Å². The minimum atomic E-state index is -4.73. The second-order valence-electron chi connectivity index (χ2n) is 4.67. The minimum Gasteiger partial charge on any atom is -0.477 e. The first kappa shape index (κ1) is 15.2. The van der Waals surface area contributed by atoms with Crippen LogP contribution in [0, 0.1) is 0 Å². The summed E-state index contributed by atoms with van der Waals surface area (Å²) in [7, 11) is 1.98. The molecule has 0 bridgehead atoms. The molecule has 9 heteroatoms. The normalized spacial score (nSPS) is 18.4. The van der Waals surface area contributed by atoms with Gasteiger partial charge in [0.2, 0.25) is 0 Å². The molecule has 0 atom stereocenters. The molecule has 0 unspecified atom stereocenters. The predicted molar refractivity (Wildman–Crippen MR) is 66.8 cm³/mol. The van der Waals surface area contributed by atoms with Gasteiger partial charge in [-0.2, -0.15) is 13.2 Å². The van der Waals surface area contributed by atoms with Gasteiger partial charge in [-0.15, -0.1) is 11.3 Å². The Morgan fingerprint density at radius 2 is 1.95 bits per heavy atom. The van der Waals surface area contributed by atoms with Gasteiger partial charge in [-0.1, -0.05) is 0 Å². The Hall–Kier alpha value is -1.19. The molecule has 0 aliphatic carbocycles. The zero-order valence-corrected chi connectivity index (χ0v) is 11.6. The molecule has 0 aromatic carbocycles. The molecule has 0 saturated carbocycles. The van der Waals surface area contributed by atoms with Crippen molar-refractivity contribution < 1.29 is 23.1 Å². The molecule has 2 rings (SSSR count). The lowest BCUT2D eigenvalue weighted by molar-refractivity contribution is -0.141.